The number of amides is 1. The summed E-state index contributed by atoms with van der Waals surface area (Å²) in [6.07, 6.45) is 1.50. The van der Waals surface area contributed by atoms with Gasteiger partial charge in [-0.15, -0.1) is 5.10 Å². The molecule has 0 aliphatic heterocycles. The van der Waals surface area contributed by atoms with Gasteiger partial charge >= 0.3 is 0 Å². The van der Waals surface area contributed by atoms with Gasteiger partial charge in [0.2, 0.25) is 5.91 Å². The Morgan fingerprint density at radius 1 is 1.38 bits per heavy atom. The predicted octanol–water partition coefficient (Wildman–Crippen LogP) is 1.28. The summed E-state index contributed by atoms with van der Waals surface area (Å²) >= 11 is 0. The number of hydrogen-bond donors (Lipinski definition) is 2. The lowest BCUT2D eigenvalue weighted by atomic mass is 9.87. The summed E-state index contributed by atoms with van der Waals surface area (Å²) < 4.78 is 1.53. The first-order valence-electron chi connectivity index (χ1n) is 6.69. The topological polar surface area (TPSA) is 98.7 Å². The average molecular weight is 288 g/mol. The van der Waals surface area contributed by atoms with E-state index in [4.69, 9.17) is 5.73 Å². The van der Waals surface area contributed by atoms with Crippen LogP contribution in [0.2, 0.25) is 0 Å². The molecular formula is C14H20N6O. The second-order valence-corrected chi connectivity index (χ2v) is 6.09. The molecule has 1 amide bonds. The summed E-state index contributed by atoms with van der Waals surface area (Å²) in [6.45, 7) is 7.71. The number of aryl methyl sites for hydroxylation is 1. The quantitative estimate of drug-likeness (QED) is 0.886. The van der Waals surface area contributed by atoms with Gasteiger partial charge in [0.1, 0.15) is 6.33 Å². The number of hydrogen-bond acceptors (Lipinski definition) is 5. The third-order valence-corrected chi connectivity index (χ3v) is 3.31. The molecule has 1 aromatic heterocycles. The van der Waals surface area contributed by atoms with Crippen LogP contribution in [-0.2, 0) is 4.79 Å². The van der Waals surface area contributed by atoms with Crippen molar-refractivity contribution >= 4 is 11.6 Å². The molecule has 0 saturated heterocycles. The number of nitrogens with two attached hydrogens (primary N) is 1. The molecule has 2 rings (SSSR count). The van der Waals surface area contributed by atoms with Crippen molar-refractivity contribution in [1.29, 1.82) is 0 Å². The largest absolute Gasteiger partial charge is 0.324 e. The molecule has 0 aliphatic carbocycles. The zero-order valence-corrected chi connectivity index (χ0v) is 12.7. The minimum absolute atomic E-state index is 0.209. The van der Waals surface area contributed by atoms with Gasteiger partial charge in [0.05, 0.1) is 11.7 Å². The molecule has 0 saturated carbocycles. The molecular weight excluding hydrogens is 268 g/mol. The third-order valence-electron chi connectivity index (χ3n) is 3.31. The second kappa shape index (κ2) is 5.61. The fourth-order valence-corrected chi connectivity index (χ4v) is 1.77. The molecule has 1 aromatic carbocycles. The first-order chi connectivity index (χ1) is 9.79. The van der Waals surface area contributed by atoms with Crippen molar-refractivity contribution in [2.24, 2.45) is 11.1 Å². The number of benzene rings is 1. The average Bonchev–Trinajstić information content (AvgIpc) is 2.93. The Kier molecular flexibility index (Phi) is 4.04. The van der Waals surface area contributed by atoms with E-state index in [1.807, 2.05) is 45.9 Å². The van der Waals surface area contributed by atoms with Crippen molar-refractivity contribution in [3.63, 3.8) is 0 Å². The fourth-order valence-electron chi connectivity index (χ4n) is 1.77. The van der Waals surface area contributed by atoms with Crippen molar-refractivity contribution in [3.05, 3.63) is 30.1 Å². The van der Waals surface area contributed by atoms with Crippen LogP contribution in [0.5, 0.6) is 0 Å². The zero-order valence-electron chi connectivity index (χ0n) is 12.7. The normalized spacial score (nSPS) is 13.0. The molecule has 7 heteroatoms. The van der Waals surface area contributed by atoms with Crippen LogP contribution in [0, 0.1) is 12.3 Å². The van der Waals surface area contributed by atoms with Crippen LogP contribution in [0.25, 0.3) is 5.69 Å². The first kappa shape index (κ1) is 15.1. The lowest BCUT2D eigenvalue weighted by Gasteiger charge is -2.26. The lowest BCUT2D eigenvalue weighted by Crippen LogP contribution is -2.45. The number of aromatic nitrogens is 4. The molecule has 0 unspecified atom stereocenters. The van der Waals surface area contributed by atoms with Gasteiger partial charge in [0, 0.05) is 5.69 Å². The van der Waals surface area contributed by atoms with Gasteiger partial charge in [0.25, 0.3) is 0 Å². The van der Waals surface area contributed by atoms with Crippen molar-refractivity contribution in [2.45, 2.75) is 33.7 Å². The number of carbonyl (C=O) groups is 1. The van der Waals surface area contributed by atoms with Gasteiger partial charge in [-0.25, -0.2) is 4.68 Å². The molecule has 0 bridgehead atoms. The molecule has 1 atom stereocenters. The highest BCUT2D eigenvalue weighted by molar-refractivity contribution is 5.96. The van der Waals surface area contributed by atoms with Gasteiger partial charge in [-0.1, -0.05) is 26.8 Å². The maximum Gasteiger partial charge on any atom is 0.241 e. The van der Waals surface area contributed by atoms with Crippen LogP contribution in [0.1, 0.15) is 26.3 Å². The molecule has 0 aliphatic rings. The van der Waals surface area contributed by atoms with E-state index in [9.17, 15) is 4.79 Å². The molecule has 21 heavy (non-hydrogen) atoms. The Morgan fingerprint density at radius 2 is 2.10 bits per heavy atom. The van der Waals surface area contributed by atoms with Crippen molar-refractivity contribution in [1.82, 2.24) is 20.2 Å². The van der Waals surface area contributed by atoms with Crippen LogP contribution >= 0.6 is 0 Å². The monoisotopic (exact) mass is 288 g/mol. The van der Waals surface area contributed by atoms with Crippen LogP contribution < -0.4 is 11.1 Å². The van der Waals surface area contributed by atoms with Gasteiger partial charge < -0.3 is 11.1 Å². The predicted molar refractivity (Wildman–Crippen MR) is 80.0 cm³/mol. The highest BCUT2D eigenvalue weighted by atomic mass is 16.2. The van der Waals surface area contributed by atoms with E-state index >= 15 is 0 Å². The summed E-state index contributed by atoms with van der Waals surface area (Å²) in [5.74, 6) is -0.209. The van der Waals surface area contributed by atoms with Gasteiger partial charge in [-0.05, 0) is 40.5 Å². The highest BCUT2D eigenvalue weighted by Gasteiger charge is 2.27. The molecule has 7 nitrogen and oxygen atoms in total. The van der Waals surface area contributed by atoms with Gasteiger partial charge in [0.15, 0.2) is 0 Å². The summed E-state index contributed by atoms with van der Waals surface area (Å²) in [7, 11) is 0. The smallest absolute Gasteiger partial charge is 0.241 e. The Morgan fingerprint density at radius 3 is 2.67 bits per heavy atom. The van der Waals surface area contributed by atoms with E-state index in [-0.39, 0.29) is 11.3 Å². The van der Waals surface area contributed by atoms with Crippen molar-refractivity contribution in [3.8, 4) is 5.69 Å². The molecule has 0 fully saturated rings. The lowest BCUT2D eigenvalue weighted by molar-refractivity contribution is -0.119. The SMILES string of the molecule is Cc1ccc(-n2cnnn2)cc1NC(=O)[C@H](N)C(C)(C)C. The molecule has 1 heterocycles. The Hall–Kier alpha value is -2.28. The van der Waals surface area contributed by atoms with Crippen LogP contribution in [-0.4, -0.2) is 32.2 Å². The Labute approximate surface area is 123 Å². The molecule has 0 radical (unpaired) electrons. The molecule has 0 spiro atoms. The number of anilines is 1. The van der Waals surface area contributed by atoms with Gasteiger partial charge in [-0.3, -0.25) is 4.79 Å². The number of carbonyl (C=O) groups excluding carboxylic acids is 1. The van der Waals surface area contributed by atoms with E-state index in [0.29, 0.717) is 5.69 Å². The van der Waals surface area contributed by atoms with Gasteiger partial charge in [-0.2, -0.15) is 0 Å². The zero-order chi connectivity index (χ0) is 15.6. The van der Waals surface area contributed by atoms with E-state index in [2.05, 4.69) is 20.8 Å². The van der Waals surface area contributed by atoms with E-state index in [1.165, 1.54) is 11.0 Å². The first-order valence-corrected chi connectivity index (χ1v) is 6.69. The van der Waals surface area contributed by atoms with Crippen LogP contribution in [0.3, 0.4) is 0 Å². The standard InChI is InChI=1S/C14H20N6O/c1-9-5-6-10(20-8-16-18-19-20)7-11(9)17-13(21)12(15)14(2,3)4/h5-8,12H,15H2,1-4H3,(H,17,21)/t12-/m0/s1. The van der Waals surface area contributed by atoms with Crippen molar-refractivity contribution < 1.29 is 4.79 Å². The molecule has 2 aromatic rings. The van der Waals surface area contributed by atoms with E-state index in [0.717, 1.165) is 11.3 Å². The molecule has 3 N–H and O–H groups in total. The summed E-state index contributed by atoms with van der Waals surface area (Å²) in [6, 6.07) is 5.01. The van der Waals surface area contributed by atoms with E-state index < -0.39 is 6.04 Å². The number of tetrazole rings is 1. The fraction of sp³-hybridized carbons (Fsp3) is 0.429. The Bertz CT molecular complexity index is 629. The number of rotatable bonds is 3. The summed E-state index contributed by atoms with van der Waals surface area (Å²) in [5.41, 5.74) is 8.09. The minimum atomic E-state index is -0.589. The summed E-state index contributed by atoms with van der Waals surface area (Å²) in [4.78, 5) is 12.2. The number of nitrogens with one attached hydrogen (secondary N) is 1. The second-order valence-electron chi connectivity index (χ2n) is 6.09. The van der Waals surface area contributed by atoms with Crippen LogP contribution in [0.15, 0.2) is 24.5 Å². The summed E-state index contributed by atoms with van der Waals surface area (Å²) in [5, 5.41) is 13.9. The highest BCUT2D eigenvalue weighted by Crippen LogP contribution is 2.22. The maximum absolute atomic E-state index is 12.2. The van der Waals surface area contributed by atoms with Crippen LogP contribution in [0.4, 0.5) is 5.69 Å². The van der Waals surface area contributed by atoms with E-state index in [1.54, 1.807) is 0 Å². The minimum Gasteiger partial charge on any atom is -0.324 e. The Balaban J connectivity index is 2.24. The van der Waals surface area contributed by atoms with Crippen molar-refractivity contribution in [2.75, 3.05) is 5.32 Å². The maximum atomic E-state index is 12.2. The molecule has 112 valence electrons. The number of nitrogens with zero attached hydrogens (tertiary/aromatic N) is 4. The third kappa shape index (κ3) is 3.43.